The highest BCUT2D eigenvalue weighted by Gasteiger charge is 2.10. The molecule has 0 saturated carbocycles. The van der Waals surface area contributed by atoms with Crippen molar-refractivity contribution >= 4 is 30.0 Å². The summed E-state index contributed by atoms with van der Waals surface area (Å²) in [6.45, 7) is 0. The molecule has 0 rings (SSSR count). The van der Waals surface area contributed by atoms with E-state index in [1.807, 2.05) is 0 Å². The largest absolute Gasteiger partial charge is 0.468 e. The summed E-state index contributed by atoms with van der Waals surface area (Å²) in [6, 6.07) is -0.679. The van der Waals surface area contributed by atoms with Crippen molar-refractivity contribution < 1.29 is 9.53 Å². The number of nitrogens with two attached hydrogens (primary N) is 1. The minimum atomic E-state index is -0.679. The Morgan fingerprint density at radius 1 is 1.89 bits per heavy atom. The van der Waals surface area contributed by atoms with Crippen LogP contribution < -0.4 is 5.73 Å². The lowest BCUT2D eigenvalue weighted by Gasteiger charge is -2.01. The van der Waals surface area contributed by atoms with Crippen molar-refractivity contribution in [2.75, 3.05) is 13.0 Å². The summed E-state index contributed by atoms with van der Waals surface area (Å²) in [4.78, 5) is 10.3. The number of hydrogen-bond acceptors (Lipinski definition) is 3. The SMILES string of the molecule is COC(=O)C(N)CCl.Cl. The molecule has 1 unspecified atom stereocenters. The highest BCUT2D eigenvalue weighted by atomic mass is 35.5. The fourth-order valence-electron chi connectivity index (χ4n) is 0.214. The van der Waals surface area contributed by atoms with Crippen LogP contribution in [0.2, 0.25) is 0 Å². The summed E-state index contributed by atoms with van der Waals surface area (Å²) in [7, 11) is 1.27. The molecule has 0 fully saturated rings. The number of alkyl halides is 1. The van der Waals surface area contributed by atoms with Gasteiger partial charge in [-0.15, -0.1) is 24.0 Å². The van der Waals surface area contributed by atoms with E-state index in [1.165, 1.54) is 7.11 Å². The molecule has 0 radical (unpaired) electrons. The molecule has 9 heavy (non-hydrogen) atoms. The van der Waals surface area contributed by atoms with Crippen LogP contribution in [-0.4, -0.2) is 25.0 Å². The van der Waals surface area contributed by atoms with Crippen LogP contribution in [0.4, 0.5) is 0 Å². The number of methoxy groups -OCH3 is 1. The van der Waals surface area contributed by atoms with Gasteiger partial charge in [0.15, 0.2) is 0 Å². The predicted octanol–water partition coefficient (Wildman–Crippen LogP) is 0.147. The average Bonchev–Trinajstić information content (AvgIpc) is 1.84. The van der Waals surface area contributed by atoms with E-state index in [2.05, 4.69) is 4.74 Å². The molecule has 2 N–H and O–H groups in total. The zero-order valence-electron chi connectivity index (χ0n) is 4.96. The van der Waals surface area contributed by atoms with Gasteiger partial charge in [0.05, 0.1) is 7.11 Å². The average molecular weight is 174 g/mol. The second kappa shape index (κ2) is 6.13. The van der Waals surface area contributed by atoms with E-state index in [9.17, 15) is 4.79 Å². The lowest BCUT2D eigenvalue weighted by Crippen LogP contribution is -2.32. The Morgan fingerprint density at radius 2 is 2.33 bits per heavy atom. The van der Waals surface area contributed by atoms with Crippen LogP contribution in [0.5, 0.6) is 0 Å². The van der Waals surface area contributed by atoms with Crippen LogP contribution in [0.25, 0.3) is 0 Å². The number of hydrogen-bond donors (Lipinski definition) is 1. The first-order valence-electron chi connectivity index (χ1n) is 2.11. The van der Waals surface area contributed by atoms with Crippen molar-refractivity contribution in [3.05, 3.63) is 0 Å². The topological polar surface area (TPSA) is 52.3 Å². The van der Waals surface area contributed by atoms with Gasteiger partial charge in [-0.1, -0.05) is 0 Å². The summed E-state index contributed by atoms with van der Waals surface area (Å²) in [5.74, 6) is -0.368. The van der Waals surface area contributed by atoms with E-state index in [-0.39, 0.29) is 18.3 Å². The molecule has 0 amide bonds. The summed E-state index contributed by atoms with van der Waals surface area (Å²) in [5.41, 5.74) is 5.12. The molecule has 0 aliphatic heterocycles. The number of carbonyl (C=O) groups excluding carboxylic acids is 1. The van der Waals surface area contributed by atoms with Gasteiger partial charge >= 0.3 is 5.97 Å². The smallest absolute Gasteiger partial charge is 0.323 e. The second-order valence-electron chi connectivity index (χ2n) is 1.28. The van der Waals surface area contributed by atoms with Gasteiger partial charge in [-0.05, 0) is 0 Å². The highest BCUT2D eigenvalue weighted by Crippen LogP contribution is 1.85. The van der Waals surface area contributed by atoms with Gasteiger partial charge in [-0.2, -0.15) is 0 Å². The zero-order valence-corrected chi connectivity index (χ0v) is 6.54. The molecule has 0 aliphatic rings. The van der Waals surface area contributed by atoms with E-state index in [0.29, 0.717) is 0 Å². The second-order valence-corrected chi connectivity index (χ2v) is 1.59. The van der Waals surface area contributed by atoms with Crippen molar-refractivity contribution in [1.82, 2.24) is 0 Å². The van der Waals surface area contributed by atoms with Crippen molar-refractivity contribution in [2.45, 2.75) is 6.04 Å². The van der Waals surface area contributed by atoms with Gasteiger partial charge in [0.2, 0.25) is 0 Å². The van der Waals surface area contributed by atoms with Crippen LogP contribution in [0.3, 0.4) is 0 Å². The normalized spacial score (nSPS) is 11.4. The van der Waals surface area contributed by atoms with Gasteiger partial charge in [0, 0.05) is 5.88 Å². The van der Waals surface area contributed by atoms with Crippen LogP contribution in [0.1, 0.15) is 0 Å². The molecule has 3 nitrogen and oxygen atoms in total. The van der Waals surface area contributed by atoms with E-state index in [1.54, 1.807) is 0 Å². The van der Waals surface area contributed by atoms with E-state index >= 15 is 0 Å². The summed E-state index contributed by atoms with van der Waals surface area (Å²) in [5, 5.41) is 0. The molecule has 0 aromatic rings. The number of ether oxygens (including phenoxy) is 1. The maximum Gasteiger partial charge on any atom is 0.323 e. The lowest BCUT2D eigenvalue weighted by atomic mass is 10.4. The minimum Gasteiger partial charge on any atom is -0.468 e. The fraction of sp³-hybridized carbons (Fsp3) is 0.750. The maximum atomic E-state index is 10.3. The third kappa shape index (κ3) is 4.51. The van der Waals surface area contributed by atoms with E-state index in [4.69, 9.17) is 17.3 Å². The lowest BCUT2D eigenvalue weighted by molar-refractivity contribution is -0.141. The molecule has 0 spiro atoms. The zero-order chi connectivity index (χ0) is 6.57. The Balaban J connectivity index is 0. The number of halogens is 2. The molecule has 0 saturated heterocycles. The van der Waals surface area contributed by atoms with Gasteiger partial charge in [0.25, 0.3) is 0 Å². The third-order valence-electron chi connectivity index (χ3n) is 0.670. The molecule has 0 bridgehead atoms. The first kappa shape index (κ1) is 11.8. The molecule has 0 aromatic carbocycles. The van der Waals surface area contributed by atoms with Gasteiger partial charge in [-0.3, -0.25) is 4.79 Å². The Bertz CT molecular complexity index is 88.6. The quantitative estimate of drug-likeness (QED) is 0.478. The molecule has 5 heteroatoms. The molecule has 56 valence electrons. The number of carbonyl (C=O) groups is 1. The molecular weight excluding hydrogens is 165 g/mol. The Kier molecular flexibility index (Phi) is 8.02. The van der Waals surface area contributed by atoms with Crippen LogP contribution >= 0.6 is 24.0 Å². The number of rotatable bonds is 2. The summed E-state index contributed by atoms with van der Waals surface area (Å²) in [6.07, 6.45) is 0. The Hall–Kier alpha value is 0.01000. The molecule has 0 heterocycles. The monoisotopic (exact) mass is 173 g/mol. The Labute approximate surface area is 64.9 Å². The van der Waals surface area contributed by atoms with Crippen LogP contribution in [-0.2, 0) is 9.53 Å². The van der Waals surface area contributed by atoms with Gasteiger partial charge < -0.3 is 10.5 Å². The van der Waals surface area contributed by atoms with Crippen molar-refractivity contribution in [2.24, 2.45) is 5.73 Å². The first-order chi connectivity index (χ1) is 3.72. The van der Waals surface area contributed by atoms with Gasteiger partial charge in [0.1, 0.15) is 6.04 Å². The standard InChI is InChI=1S/C4H8ClNO2.ClH/c1-8-4(7)3(6)2-5;/h3H,2,6H2,1H3;1H. The molecule has 0 aliphatic carbocycles. The first-order valence-corrected chi connectivity index (χ1v) is 2.65. The van der Waals surface area contributed by atoms with E-state index in [0.717, 1.165) is 0 Å². The summed E-state index contributed by atoms with van der Waals surface area (Å²) < 4.78 is 4.25. The molecule has 0 aromatic heterocycles. The van der Waals surface area contributed by atoms with Crippen molar-refractivity contribution in [3.8, 4) is 0 Å². The maximum absolute atomic E-state index is 10.3. The minimum absolute atomic E-state index is 0. The van der Waals surface area contributed by atoms with Crippen LogP contribution in [0, 0.1) is 0 Å². The van der Waals surface area contributed by atoms with Crippen LogP contribution in [0.15, 0.2) is 0 Å². The summed E-state index contributed by atoms with van der Waals surface area (Å²) >= 11 is 5.20. The molecule has 1 atom stereocenters. The third-order valence-corrected chi connectivity index (χ3v) is 1.00. The Morgan fingerprint density at radius 3 is 2.44 bits per heavy atom. The highest BCUT2D eigenvalue weighted by molar-refractivity contribution is 6.19. The van der Waals surface area contributed by atoms with E-state index < -0.39 is 12.0 Å². The van der Waals surface area contributed by atoms with Crippen molar-refractivity contribution in [3.63, 3.8) is 0 Å². The van der Waals surface area contributed by atoms with Gasteiger partial charge in [-0.25, -0.2) is 0 Å². The predicted molar refractivity (Wildman–Crippen MR) is 38.0 cm³/mol. The fourth-order valence-corrected chi connectivity index (χ4v) is 0.340. The number of esters is 1. The molecular formula is C4H9Cl2NO2. The van der Waals surface area contributed by atoms with Crippen molar-refractivity contribution in [1.29, 1.82) is 0 Å².